The van der Waals surface area contributed by atoms with Crippen LogP contribution in [0.2, 0.25) is 4.34 Å². The van der Waals surface area contributed by atoms with E-state index in [2.05, 4.69) is 0 Å². The van der Waals surface area contributed by atoms with Gasteiger partial charge in [-0.05, 0) is 18.7 Å². The van der Waals surface area contributed by atoms with Gasteiger partial charge in [-0.3, -0.25) is 14.5 Å². The topological polar surface area (TPSA) is 60.9 Å². The molecule has 20 heavy (non-hydrogen) atoms. The van der Waals surface area contributed by atoms with Crippen LogP contribution in [0.4, 0.5) is 0 Å². The minimum absolute atomic E-state index is 0.0261. The molecule has 1 amide bonds. The largest absolute Gasteiger partial charge is 0.481 e. The van der Waals surface area contributed by atoms with E-state index in [0.717, 1.165) is 4.88 Å². The van der Waals surface area contributed by atoms with E-state index in [9.17, 15) is 9.59 Å². The molecule has 0 saturated heterocycles. The molecule has 0 atom stereocenters. The smallest absolute Gasteiger partial charge is 0.304 e. The Bertz CT molecular complexity index is 464. The summed E-state index contributed by atoms with van der Waals surface area (Å²) in [6.45, 7) is 3.70. The lowest BCUT2D eigenvalue weighted by Gasteiger charge is -2.23. The Morgan fingerprint density at radius 2 is 2.10 bits per heavy atom. The lowest BCUT2D eigenvalue weighted by Crippen LogP contribution is -2.38. The number of aliphatic carboxylic acids is 1. The van der Waals surface area contributed by atoms with Gasteiger partial charge in [0.25, 0.3) is 0 Å². The van der Waals surface area contributed by atoms with Gasteiger partial charge in [-0.15, -0.1) is 11.3 Å². The number of halogens is 1. The van der Waals surface area contributed by atoms with Crippen LogP contribution in [0.3, 0.4) is 0 Å². The standard InChI is InChI=1S/C13H19ClN2O3S/c1-3-16(7-6-13(18)19)9-12(17)15(2)8-10-4-5-11(14)20-10/h4-5H,3,6-9H2,1-2H3,(H,18,19). The van der Waals surface area contributed by atoms with Gasteiger partial charge in [0.05, 0.1) is 23.8 Å². The molecule has 1 N–H and O–H groups in total. The first kappa shape index (κ1) is 16.9. The maximum atomic E-state index is 12.1. The lowest BCUT2D eigenvalue weighted by molar-refractivity contribution is -0.138. The predicted octanol–water partition coefficient (Wildman–Crippen LogP) is 2.16. The van der Waals surface area contributed by atoms with Gasteiger partial charge in [-0.25, -0.2) is 0 Å². The van der Waals surface area contributed by atoms with Gasteiger partial charge in [0.2, 0.25) is 5.91 Å². The van der Waals surface area contributed by atoms with Crippen LogP contribution >= 0.6 is 22.9 Å². The van der Waals surface area contributed by atoms with Gasteiger partial charge in [-0.2, -0.15) is 0 Å². The van der Waals surface area contributed by atoms with Crippen molar-refractivity contribution >= 4 is 34.8 Å². The second-order valence-corrected chi connectivity index (χ2v) is 6.27. The summed E-state index contributed by atoms with van der Waals surface area (Å²) in [6.07, 6.45) is 0.0470. The summed E-state index contributed by atoms with van der Waals surface area (Å²) in [7, 11) is 1.74. The van der Waals surface area contributed by atoms with E-state index in [4.69, 9.17) is 16.7 Å². The Morgan fingerprint density at radius 3 is 2.60 bits per heavy atom. The van der Waals surface area contributed by atoms with Crippen LogP contribution in [0.15, 0.2) is 12.1 Å². The predicted molar refractivity (Wildman–Crippen MR) is 80.2 cm³/mol. The fraction of sp³-hybridized carbons (Fsp3) is 0.538. The Kier molecular flexibility index (Phi) is 6.98. The minimum Gasteiger partial charge on any atom is -0.481 e. The van der Waals surface area contributed by atoms with E-state index >= 15 is 0 Å². The van der Waals surface area contributed by atoms with Crippen LogP contribution < -0.4 is 0 Å². The molecule has 0 aliphatic carbocycles. The number of carbonyl (C=O) groups excluding carboxylic acids is 1. The zero-order chi connectivity index (χ0) is 15.1. The number of nitrogens with zero attached hydrogens (tertiary/aromatic N) is 2. The molecule has 0 bridgehead atoms. The average molecular weight is 319 g/mol. The number of carboxylic acids is 1. The molecule has 1 rings (SSSR count). The average Bonchev–Trinajstić information content (AvgIpc) is 2.79. The third kappa shape index (κ3) is 5.90. The van der Waals surface area contributed by atoms with E-state index in [0.29, 0.717) is 24.0 Å². The number of rotatable bonds is 8. The lowest BCUT2D eigenvalue weighted by atomic mass is 10.3. The molecule has 0 unspecified atom stereocenters. The van der Waals surface area contributed by atoms with Gasteiger partial charge in [-0.1, -0.05) is 18.5 Å². The molecule has 0 aromatic carbocycles. The van der Waals surface area contributed by atoms with Crippen molar-refractivity contribution in [1.29, 1.82) is 0 Å². The highest BCUT2D eigenvalue weighted by Crippen LogP contribution is 2.22. The van der Waals surface area contributed by atoms with Crippen LogP contribution in [0.5, 0.6) is 0 Å². The molecule has 1 heterocycles. The quantitative estimate of drug-likeness (QED) is 0.798. The fourth-order valence-electron chi connectivity index (χ4n) is 1.67. The normalized spacial score (nSPS) is 10.8. The zero-order valence-electron chi connectivity index (χ0n) is 11.6. The van der Waals surface area contributed by atoms with Crippen LogP contribution in [0.1, 0.15) is 18.2 Å². The van der Waals surface area contributed by atoms with Gasteiger partial charge in [0, 0.05) is 18.5 Å². The van der Waals surface area contributed by atoms with Crippen molar-refractivity contribution in [3.8, 4) is 0 Å². The van der Waals surface area contributed by atoms with Gasteiger partial charge in [0.15, 0.2) is 0 Å². The number of carboxylic acid groups (broad SMARTS) is 1. The monoisotopic (exact) mass is 318 g/mol. The number of hydrogen-bond acceptors (Lipinski definition) is 4. The van der Waals surface area contributed by atoms with Gasteiger partial charge < -0.3 is 10.0 Å². The van der Waals surface area contributed by atoms with E-state index in [-0.39, 0.29) is 18.9 Å². The Hall–Kier alpha value is -1.11. The first-order valence-corrected chi connectivity index (χ1v) is 7.54. The molecule has 0 saturated carbocycles. The van der Waals surface area contributed by atoms with Gasteiger partial charge in [0.1, 0.15) is 0 Å². The van der Waals surface area contributed by atoms with Crippen LogP contribution in [-0.4, -0.2) is 53.5 Å². The molecule has 0 fully saturated rings. The highest BCUT2D eigenvalue weighted by Gasteiger charge is 2.15. The molecular weight excluding hydrogens is 300 g/mol. The Morgan fingerprint density at radius 1 is 1.40 bits per heavy atom. The molecule has 112 valence electrons. The molecule has 1 aromatic rings. The van der Waals surface area contributed by atoms with E-state index < -0.39 is 5.97 Å². The maximum absolute atomic E-state index is 12.1. The van der Waals surface area contributed by atoms with Gasteiger partial charge >= 0.3 is 5.97 Å². The summed E-state index contributed by atoms with van der Waals surface area (Å²) in [5, 5.41) is 8.67. The summed E-state index contributed by atoms with van der Waals surface area (Å²) < 4.78 is 0.706. The molecule has 0 aliphatic heterocycles. The highest BCUT2D eigenvalue weighted by molar-refractivity contribution is 7.16. The third-order valence-corrected chi connectivity index (χ3v) is 4.11. The number of likely N-dealkylation sites (N-methyl/N-ethyl adjacent to an activating group) is 2. The minimum atomic E-state index is -0.850. The second kappa shape index (κ2) is 8.24. The van der Waals surface area contributed by atoms with Crippen molar-refractivity contribution in [3.63, 3.8) is 0 Å². The van der Waals surface area contributed by atoms with E-state index in [1.54, 1.807) is 11.9 Å². The van der Waals surface area contributed by atoms with Crippen molar-refractivity contribution in [2.75, 3.05) is 26.7 Å². The van der Waals surface area contributed by atoms with E-state index in [1.807, 2.05) is 24.0 Å². The molecular formula is C13H19ClN2O3S. The first-order chi connectivity index (χ1) is 9.42. The second-order valence-electron chi connectivity index (χ2n) is 4.47. The number of thiophene rings is 1. The highest BCUT2D eigenvalue weighted by atomic mass is 35.5. The summed E-state index contributed by atoms with van der Waals surface area (Å²) >= 11 is 7.30. The van der Waals surface area contributed by atoms with Crippen molar-refractivity contribution in [2.45, 2.75) is 19.9 Å². The molecule has 0 aliphatic rings. The number of hydrogen-bond donors (Lipinski definition) is 1. The zero-order valence-corrected chi connectivity index (χ0v) is 13.2. The van der Waals surface area contributed by atoms with Crippen LogP contribution in [-0.2, 0) is 16.1 Å². The molecule has 7 heteroatoms. The summed E-state index contributed by atoms with van der Waals surface area (Å²) in [5.41, 5.74) is 0. The SMILES string of the molecule is CCN(CCC(=O)O)CC(=O)N(C)Cc1ccc(Cl)s1. The summed E-state index contributed by atoms with van der Waals surface area (Å²) in [4.78, 5) is 27.1. The molecule has 0 spiro atoms. The van der Waals surface area contributed by atoms with Crippen molar-refractivity contribution in [1.82, 2.24) is 9.80 Å². The van der Waals surface area contributed by atoms with E-state index in [1.165, 1.54) is 11.3 Å². The van der Waals surface area contributed by atoms with Crippen molar-refractivity contribution < 1.29 is 14.7 Å². The fourth-order valence-corrected chi connectivity index (χ4v) is 2.81. The third-order valence-electron chi connectivity index (χ3n) is 2.90. The molecule has 5 nitrogen and oxygen atoms in total. The summed E-state index contributed by atoms with van der Waals surface area (Å²) in [5.74, 6) is -0.876. The van der Waals surface area contributed by atoms with Crippen molar-refractivity contribution in [3.05, 3.63) is 21.3 Å². The molecule has 1 aromatic heterocycles. The number of amides is 1. The Labute approximate surface area is 127 Å². The first-order valence-electron chi connectivity index (χ1n) is 6.34. The van der Waals surface area contributed by atoms with Crippen molar-refractivity contribution in [2.24, 2.45) is 0 Å². The number of carbonyl (C=O) groups is 2. The summed E-state index contributed by atoms with van der Waals surface area (Å²) in [6, 6.07) is 3.71. The Balaban J connectivity index is 2.44. The maximum Gasteiger partial charge on any atom is 0.304 e. The van der Waals surface area contributed by atoms with Crippen LogP contribution in [0.25, 0.3) is 0 Å². The molecule has 0 radical (unpaired) electrons. The van der Waals surface area contributed by atoms with Crippen LogP contribution in [0, 0.1) is 0 Å².